The van der Waals surface area contributed by atoms with Crippen molar-refractivity contribution in [1.82, 2.24) is 14.6 Å². The molecular weight excluding hydrogens is 506 g/mol. The number of hydrogen-bond donors (Lipinski definition) is 3. The van der Waals surface area contributed by atoms with E-state index in [9.17, 15) is 32.1 Å². The minimum absolute atomic E-state index is 0.0496. The monoisotopic (exact) mass is 525 g/mol. The summed E-state index contributed by atoms with van der Waals surface area (Å²) < 4.78 is 37.2. The number of β-lactam (4-membered cyclic amide) rings is 1. The highest BCUT2D eigenvalue weighted by molar-refractivity contribution is 7.84. The molecule has 1 aromatic heterocycles. The van der Waals surface area contributed by atoms with Crippen molar-refractivity contribution in [2.24, 2.45) is 5.16 Å². The standard InChI is InChI=1S/C16H20ClN5O9S2/c1-3-4-5-31-15(26)12-11(14(25)22(12)33(27,28)29)20-13(24)10(21-30-2)8-7-32-16(18-8)19-9(23)6-17/h7,11-12H,3-6H2,1-2H3,(H,20,24)(H,18,19,23)(H,27,28,29)/t11-,12-/m1/s1. The number of carbonyl (C=O) groups is 4. The molecule has 1 aliphatic rings. The number of esters is 1. The van der Waals surface area contributed by atoms with Gasteiger partial charge in [-0.3, -0.25) is 18.9 Å². The van der Waals surface area contributed by atoms with Crippen molar-refractivity contribution in [3.8, 4) is 0 Å². The number of nitrogens with one attached hydrogen (secondary N) is 2. The summed E-state index contributed by atoms with van der Waals surface area (Å²) in [7, 11) is -3.95. The zero-order valence-electron chi connectivity index (χ0n) is 17.3. The van der Waals surface area contributed by atoms with Gasteiger partial charge in [-0.25, -0.2) is 9.78 Å². The molecule has 0 aliphatic carbocycles. The van der Waals surface area contributed by atoms with Gasteiger partial charge in [-0.2, -0.15) is 12.7 Å². The van der Waals surface area contributed by atoms with Gasteiger partial charge in [0, 0.05) is 5.38 Å². The first-order valence-corrected chi connectivity index (χ1v) is 12.1. The Hall–Kier alpha value is -2.82. The summed E-state index contributed by atoms with van der Waals surface area (Å²) in [4.78, 5) is 57.4. The van der Waals surface area contributed by atoms with Crippen LogP contribution in [-0.2, 0) is 39.1 Å². The molecule has 2 atom stereocenters. The van der Waals surface area contributed by atoms with E-state index in [1.165, 1.54) is 5.38 Å². The maximum absolute atomic E-state index is 12.8. The van der Waals surface area contributed by atoms with Crippen molar-refractivity contribution >= 4 is 67.8 Å². The molecule has 0 bridgehead atoms. The van der Waals surface area contributed by atoms with Crippen molar-refractivity contribution in [3.63, 3.8) is 0 Å². The highest BCUT2D eigenvalue weighted by atomic mass is 35.5. The number of anilines is 1. The van der Waals surface area contributed by atoms with Gasteiger partial charge in [0.05, 0.1) is 6.61 Å². The largest absolute Gasteiger partial charge is 0.464 e. The van der Waals surface area contributed by atoms with Crippen LogP contribution in [0.25, 0.3) is 0 Å². The molecule has 3 N–H and O–H groups in total. The number of halogens is 1. The van der Waals surface area contributed by atoms with E-state index < -0.39 is 51.8 Å². The second kappa shape index (κ2) is 11.4. The number of rotatable bonds is 11. The molecule has 1 saturated heterocycles. The molecule has 0 saturated carbocycles. The summed E-state index contributed by atoms with van der Waals surface area (Å²) in [6.45, 7) is 1.78. The molecule has 1 aromatic rings. The lowest BCUT2D eigenvalue weighted by atomic mass is 9.98. The lowest BCUT2D eigenvalue weighted by Crippen LogP contribution is -2.75. The number of thiazole rings is 1. The fourth-order valence-corrected chi connectivity index (χ4v) is 4.21. The Morgan fingerprint density at radius 1 is 1.39 bits per heavy atom. The molecule has 14 nitrogen and oxygen atoms in total. The van der Waals surface area contributed by atoms with Gasteiger partial charge in [-0.05, 0) is 6.42 Å². The van der Waals surface area contributed by atoms with Crippen LogP contribution in [0.15, 0.2) is 10.5 Å². The Balaban J connectivity index is 2.23. The maximum atomic E-state index is 12.8. The second-order valence-corrected chi connectivity index (χ2v) is 8.79. The first-order chi connectivity index (χ1) is 15.5. The molecule has 2 heterocycles. The third-order valence-corrected chi connectivity index (χ3v) is 5.99. The third kappa shape index (κ3) is 6.37. The number of alkyl halides is 1. The number of unbranched alkanes of at least 4 members (excludes halogenated alkanes) is 1. The van der Waals surface area contributed by atoms with E-state index in [0.29, 0.717) is 12.8 Å². The van der Waals surface area contributed by atoms with Crippen LogP contribution >= 0.6 is 22.9 Å². The lowest BCUT2D eigenvalue weighted by Gasteiger charge is -2.42. The van der Waals surface area contributed by atoms with Gasteiger partial charge < -0.3 is 20.2 Å². The molecule has 0 radical (unpaired) electrons. The average molecular weight is 526 g/mol. The number of aromatic nitrogens is 1. The van der Waals surface area contributed by atoms with Gasteiger partial charge in [0.2, 0.25) is 5.91 Å². The lowest BCUT2D eigenvalue weighted by molar-refractivity contribution is -0.164. The minimum Gasteiger partial charge on any atom is -0.464 e. The average Bonchev–Trinajstić information content (AvgIpc) is 3.20. The molecule has 17 heteroatoms. The molecule has 3 amide bonds. The summed E-state index contributed by atoms with van der Waals surface area (Å²) in [6.07, 6.45) is 1.16. The summed E-state index contributed by atoms with van der Waals surface area (Å²) in [5, 5.41) is 9.55. The Morgan fingerprint density at radius 2 is 2.09 bits per heavy atom. The summed E-state index contributed by atoms with van der Waals surface area (Å²) in [6, 6.07) is -3.48. The fraction of sp³-hybridized carbons (Fsp3) is 0.500. The van der Waals surface area contributed by atoms with Crippen molar-refractivity contribution in [2.75, 3.05) is 24.9 Å². The van der Waals surface area contributed by atoms with E-state index in [-0.39, 0.29) is 27.6 Å². The molecule has 1 fully saturated rings. The van der Waals surface area contributed by atoms with Crippen LogP contribution in [0.5, 0.6) is 0 Å². The second-order valence-electron chi connectivity index (χ2n) is 6.37. The van der Waals surface area contributed by atoms with Gasteiger partial charge in [-0.15, -0.1) is 22.9 Å². The quantitative estimate of drug-likeness (QED) is 0.0645. The zero-order valence-corrected chi connectivity index (χ0v) is 19.7. The third-order valence-electron chi connectivity index (χ3n) is 4.08. The van der Waals surface area contributed by atoms with Crippen LogP contribution in [0, 0.1) is 0 Å². The maximum Gasteiger partial charge on any atom is 0.363 e. The van der Waals surface area contributed by atoms with Crippen LogP contribution in [0.1, 0.15) is 25.5 Å². The smallest absolute Gasteiger partial charge is 0.363 e. The predicted molar refractivity (Wildman–Crippen MR) is 115 cm³/mol. The van der Waals surface area contributed by atoms with Crippen molar-refractivity contribution in [1.29, 1.82) is 0 Å². The van der Waals surface area contributed by atoms with Crippen LogP contribution in [0.2, 0.25) is 0 Å². The van der Waals surface area contributed by atoms with Crippen molar-refractivity contribution < 1.29 is 41.7 Å². The number of amides is 3. The topological polar surface area (TPSA) is 194 Å². The Bertz CT molecular complexity index is 1060. The van der Waals surface area contributed by atoms with Crippen molar-refractivity contribution in [3.05, 3.63) is 11.1 Å². The zero-order chi connectivity index (χ0) is 24.8. The van der Waals surface area contributed by atoms with Crippen LogP contribution < -0.4 is 10.6 Å². The van der Waals surface area contributed by atoms with Gasteiger partial charge >= 0.3 is 16.3 Å². The summed E-state index contributed by atoms with van der Waals surface area (Å²) >= 11 is 6.36. The van der Waals surface area contributed by atoms with E-state index >= 15 is 0 Å². The number of nitrogens with zero attached hydrogens (tertiary/aromatic N) is 3. The van der Waals surface area contributed by atoms with E-state index in [1.807, 2.05) is 6.92 Å². The Labute approximate surface area is 197 Å². The highest BCUT2D eigenvalue weighted by Crippen LogP contribution is 2.25. The number of ether oxygens (including phenoxy) is 1. The number of oxime groups is 1. The van der Waals surface area contributed by atoms with Gasteiger partial charge in [0.1, 0.15) is 24.7 Å². The minimum atomic E-state index is -5.09. The molecule has 0 aromatic carbocycles. The van der Waals surface area contributed by atoms with Gasteiger partial charge in [0.25, 0.3) is 11.8 Å². The number of hydrogen-bond acceptors (Lipinski definition) is 11. The van der Waals surface area contributed by atoms with Gasteiger partial charge in [0.15, 0.2) is 16.9 Å². The summed E-state index contributed by atoms with van der Waals surface area (Å²) in [5.74, 6) is -4.29. The van der Waals surface area contributed by atoms with Crippen LogP contribution in [0.4, 0.5) is 5.13 Å². The number of carbonyl (C=O) groups excluding carboxylic acids is 4. The first kappa shape index (κ1) is 26.4. The van der Waals surface area contributed by atoms with Crippen LogP contribution in [0.3, 0.4) is 0 Å². The SMILES string of the molecule is CCCCOC(=O)[C@H]1[C@@H](NC(=O)C(=NOC)c2csc(NC(=O)CCl)n2)C(=O)N1S(=O)(=O)O. The predicted octanol–water partition coefficient (Wildman–Crippen LogP) is -0.487. The molecule has 1 aliphatic heterocycles. The van der Waals surface area contributed by atoms with Crippen LogP contribution in [-0.4, -0.2) is 83.3 Å². The Kier molecular flexibility index (Phi) is 9.09. The normalized spacial score (nSPS) is 18.4. The van der Waals surface area contributed by atoms with Gasteiger partial charge in [-0.1, -0.05) is 18.5 Å². The molecular formula is C16H20ClN5O9S2. The molecule has 182 valence electrons. The van der Waals surface area contributed by atoms with E-state index in [0.717, 1.165) is 18.4 Å². The first-order valence-electron chi connectivity index (χ1n) is 9.26. The molecule has 0 spiro atoms. The van der Waals surface area contributed by atoms with E-state index in [1.54, 1.807) is 0 Å². The van der Waals surface area contributed by atoms with E-state index in [2.05, 4.69) is 25.6 Å². The van der Waals surface area contributed by atoms with Crippen molar-refractivity contribution in [2.45, 2.75) is 31.8 Å². The Morgan fingerprint density at radius 3 is 2.67 bits per heavy atom. The fourth-order valence-electron chi connectivity index (χ4n) is 2.59. The molecule has 2 rings (SSSR count). The molecule has 33 heavy (non-hydrogen) atoms. The summed E-state index contributed by atoms with van der Waals surface area (Å²) in [5.41, 5.74) is -0.485. The van der Waals surface area contributed by atoms with E-state index in [4.69, 9.17) is 16.3 Å². The molecule has 0 unspecified atom stereocenters. The highest BCUT2D eigenvalue weighted by Gasteiger charge is 2.58.